The van der Waals surface area contributed by atoms with Gasteiger partial charge in [0.1, 0.15) is 18.3 Å². The maximum Gasteiger partial charge on any atom is 0.293 e. The van der Waals surface area contributed by atoms with Crippen molar-refractivity contribution in [1.82, 2.24) is 0 Å². The van der Waals surface area contributed by atoms with E-state index in [0.29, 0.717) is 49.1 Å². The van der Waals surface area contributed by atoms with Crippen LogP contribution in [0.5, 0.6) is 0 Å². The van der Waals surface area contributed by atoms with Gasteiger partial charge in [-0.1, -0.05) is 63.2 Å². The average molecular weight is 672 g/mol. The number of fused-ring (bicyclic) bond motifs is 5. The fourth-order valence-electron chi connectivity index (χ4n) is 11.1. The summed E-state index contributed by atoms with van der Waals surface area (Å²) in [5, 5.41) is 2.99. The number of hydrogen-bond donors (Lipinski definition) is 1. The Hall–Kier alpha value is -4.01. The zero-order valence-corrected chi connectivity index (χ0v) is 28.8. The molecule has 0 saturated heterocycles. The van der Waals surface area contributed by atoms with Crippen LogP contribution >= 0.6 is 0 Å². The van der Waals surface area contributed by atoms with Crippen molar-refractivity contribution in [3.8, 4) is 0 Å². The molecule has 9 heteroatoms. The second-order valence-corrected chi connectivity index (χ2v) is 15.4. The number of nitrogens with one attached hydrogen (secondary N) is 1. The van der Waals surface area contributed by atoms with Crippen molar-refractivity contribution < 1.29 is 38.2 Å². The molecule has 1 amide bonds. The minimum Gasteiger partial charge on any atom is -0.465 e. The van der Waals surface area contributed by atoms with Crippen LogP contribution in [0.4, 0.5) is 5.69 Å². The van der Waals surface area contributed by atoms with E-state index < -0.39 is 0 Å². The second-order valence-electron chi connectivity index (χ2n) is 15.4. The van der Waals surface area contributed by atoms with E-state index in [-0.39, 0.29) is 82.8 Å². The van der Waals surface area contributed by atoms with Crippen molar-refractivity contribution in [2.45, 2.75) is 96.9 Å². The van der Waals surface area contributed by atoms with E-state index in [1.807, 2.05) is 24.3 Å². The molecule has 4 saturated carbocycles. The summed E-state index contributed by atoms with van der Waals surface area (Å²) in [7, 11) is 0. The maximum atomic E-state index is 13.3. The van der Waals surface area contributed by atoms with Crippen LogP contribution in [0.3, 0.4) is 0 Å². The average Bonchev–Trinajstić information content (AvgIpc) is 3.47. The van der Waals surface area contributed by atoms with Gasteiger partial charge in [-0.2, -0.15) is 0 Å². The monoisotopic (exact) mass is 671 g/mol. The highest BCUT2D eigenvalue weighted by Crippen LogP contribution is 2.69. The van der Waals surface area contributed by atoms with Gasteiger partial charge in [-0.15, -0.1) is 0 Å². The third-order valence-corrected chi connectivity index (χ3v) is 13.4. The Labute approximate surface area is 288 Å². The summed E-state index contributed by atoms with van der Waals surface area (Å²) in [5.41, 5.74) is 1.11. The van der Waals surface area contributed by atoms with Crippen molar-refractivity contribution in [2.75, 3.05) is 5.32 Å². The molecule has 0 aromatic heterocycles. The topological polar surface area (TPSA) is 125 Å². The lowest BCUT2D eigenvalue weighted by Gasteiger charge is -2.64. The van der Waals surface area contributed by atoms with Gasteiger partial charge in [0.15, 0.2) is 5.78 Å². The summed E-state index contributed by atoms with van der Waals surface area (Å²) >= 11 is 0. The fraction of sp³-hybridized carbons (Fsp3) is 0.575. The van der Waals surface area contributed by atoms with Gasteiger partial charge < -0.3 is 19.5 Å². The molecule has 262 valence electrons. The van der Waals surface area contributed by atoms with Gasteiger partial charge in [-0.25, -0.2) is 0 Å². The van der Waals surface area contributed by atoms with E-state index in [9.17, 15) is 24.0 Å². The Kier molecular flexibility index (Phi) is 10.3. The molecule has 9 nitrogen and oxygen atoms in total. The van der Waals surface area contributed by atoms with Gasteiger partial charge in [0, 0.05) is 28.9 Å². The summed E-state index contributed by atoms with van der Waals surface area (Å²) in [6.45, 7) is 8.48. The largest absolute Gasteiger partial charge is 0.465 e. The minimum atomic E-state index is -0.349. The summed E-state index contributed by atoms with van der Waals surface area (Å²) in [4.78, 5) is 61.6. The summed E-state index contributed by atoms with van der Waals surface area (Å²) in [6.07, 6.45) is 5.97. The Morgan fingerprint density at radius 1 is 0.857 bits per heavy atom. The van der Waals surface area contributed by atoms with Crippen molar-refractivity contribution in [3.05, 3.63) is 65.7 Å². The molecule has 1 N–H and O–H groups in total. The molecule has 0 spiro atoms. The molecule has 0 unspecified atom stereocenters. The number of ether oxygens (including phenoxy) is 3. The minimum absolute atomic E-state index is 0.0536. The van der Waals surface area contributed by atoms with Crippen LogP contribution in [0.25, 0.3) is 0 Å². The SMILES string of the molecule is C[C@H](CCC(=O)Nc1ccccc1C(=O)c1ccccc1)[C@H]1CC[C@H]2[C@@H]3[C@H](OC=O)C[C@@H]4C[C@H](OC=O)CC[C@]4(C)[C@H]3C[C@H](OC=O)[C@]12C. The van der Waals surface area contributed by atoms with Gasteiger partial charge in [0.2, 0.25) is 5.91 Å². The Morgan fingerprint density at radius 3 is 2.31 bits per heavy atom. The molecule has 4 aliphatic rings. The van der Waals surface area contributed by atoms with Crippen LogP contribution in [0.15, 0.2) is 54.6 Å². The molecule has 2 aromatic rings. The first kappa shape index (κ1) is 34.8. The van der Waals surface area contributed by atoms with Crippen LogP contribution in [0.1, 0.15) is 94.5 Å². The second kappa shape index (κ2) is 14.5. The molecule has 0 aliphatic heterocycles. The molecule has 0 bridgehead atoms. The standard InChI is InChI=1S/C40H49NO8/c1-25(13-16-36(45)41-33-12-8-7-11-29(33)38(46)26-9-5-4-6-10-26)30-14-15-31-37-32(21-35(49-24-44)40(30,31)3)39(2)18-17-28(47-22-42)19-27(39)20-34(37)48-23-43/h4-12,22-25,27-28,30-32,34-35,37H,13-21H2,1-3H3,(H,41,45)/t25-,27+,28-,30-,31+,32+,34-,35+,37+,39+,40-/m1/s1. The number of hydrogen-bond acceptors (Lipinski definition) is 8. The number of benzene rings is 2. The first-order chi connectivity index (χ1) is 23.6. The molecule has 0 heterocycles. The van der Waals surface area contributed by atoms with Crippen LogP contribution < -0.4 is 5.32 Å². The molecule has 0 radical (unpaired) electrons. The molecular formula is C40H49NO8. The van der Waals surface area contributed by atoms with Crippen LogP contribution in [0.2, 0.25) is 0 Å². The van der Waals surface area contributed by atoms with Gasteiger partial charge in [0.05, 0.1) is 5.69 Å². The molecule has 49 heavy (non-hydrogen) atoms. The highest BCUT2D eigenvalue weighted by Gasteiger charge is 2.67. The summed E-state index contributed by atoms with van der Waals surface area (Å²) in [5.74, 6) is 0.784. The first-order valence-electron chi connectivity index (χ1n) is 17.9. The van der Waals surface area contributed by atoms with Crippen LogP contribution in [-0.2, 0) is 33.4 Å². The quantitative estimate of drug-likeness (QED) is 0.140. The lowest BCUT2D eigenvalue weighted by atomic mass is 9.43. The van der Waals surface area contributed by atoms with E-state index in [4.69, 9.17) is 14.2 Å². The van der Waals surface area contributed by atoms with Crippen LogP contribution in [0, 0.1) is 46.3 Å². The number of ketones is 1. The Bertz CT molecular complexity index is 1530. The lowest BCUT2D eigenvalue weighted by Crippen LogP contribution is -2.63. The summed E-state index contributed by atoms with van der Waals surface area (Å²) < 4.78 is 17.3. The van der Waals surface area contributed by atoms with Gasteiger partial charge in [0.25, 0.3) is 19.4 Å². The molecular weight excluding hydrogens is 622 g/mol. The van der Waals surface area contributed by atoms with Gasteiger partial charge in [-0.3, -0.25) is 24.0 Å². The molecule has 4 aliphatic carbocycles. The molecule has 2 aromatic carbocycles. The Morgan fingerprint density at radius 2 is 1.57 bits per heavy atom. The first-order valence-corrected chi connectivity index (χ1v) is 17.9. The van der Waals surface area contributed by atoms with E-state index in [0.717, 1.165) is 38.5 Å². The van der Waals surface area contributed by atoms with Crippen molar-refractivity contribution in [3.63, 3.8) is 0 Å². The molecule has 6 rings (SSSR count). The van der Waals surface area contributed by atoms with Crippen molar-refractivity contribution >= 4 is 36.8 Å². The number of carbonyl (C=O) groups excluding carboxylic acids is 5. The van der Waals surface area contributed by atoms with Gasteiger partial charge >= 0.3 is 0 Å². The fourth-order valence-corrected chi connectivity index (χ4v) is 11.1. The van der Waals surface area contributed by atoms with Gasteiger partial charge in [-0.05, 0) is 98.5 Å². The number of amides is 1. The number of para-hydroxylation sites is 1. The predicted molar refractivity (Wildman–Crippen MR) is 182 cm³/mol. The molecule has 4 fully saturated rings. The van der Waals surface area contributed by atoms with E-state index in [2.05, 4.69) is 26.1 Å². The lowest BCUT2D eigenvalue weighted by molar-refractivity contribution is -0.218. The maximum absolute atomic E-state index is 13.3. The zero-order valence-electron chi connectivity index (χ0n) is 28.8. The van der Waals surface area contributed by atoms with E-state index in [1.54, 1.807) is 30.3 Å². The number of anilines is 1. The normalized spacial score (nSPS) is 35.3. The molecule has 11 atom stereocenters. The number of rotatable bonds is 13. The smallest absolute Gasteiger partial charge is 0.293 e. The zero-order chi connectivity index (χ0) is 34.8. The third kappa shape index (κ3) is 6.41. The number of carbonyl (C=O) groups is 5. The highest BCUT2D eigenvalue weighted by atomic mass is 16.5. The highest BCUT2D eigenvalue weighted by molar-refractivity contribution is 6.13. The van der Waals surface area contributed by atoms with E-state index >= 15 is 0 Å². The third-order valence-electron chi connectivity index (χ3n) is 13.4. The predicted octanol–water partition coefficient (Wildman–Crippen LogP) is 6.78. The Balaban J connectivity index is 1.18. The van der Waals surface area contributed by atoms with Crippen LogP contribution in [-0.4, -0.2) is 49.4 Å². The van der Waals surface area contributed by atoms with E-state index in [1.165, 1.54) is 0 Å². The van der Waals surface area contributed by atoms with Crippen molar-refractivity contribution in [1.29, 1.82) is 0 Å². The summed E-state index contributed by atoms with van der Waals surface area (Å²) in [6, 6.07) is 16.1. The van der Waals surface area contributed by atoms with Crippen molar-refractivity contribution in [2.24, 2.45) is 46.3 Å².